The number of sulfone groups is 1. The molecule has 0 amide bonds. The highest BCUT2D eigenvalue weighted by atomic mass is 35.5. The SMILES string of the molecule is CC#CC#CCS(=O)(=O)c1ccc(Cl)cc1. The second-order valence-electron chi connectivity index (χ2n) is 2.89. The van der Waals surface area contributed by atoms with Crippen LogP contribution in [0.4, 0.5) is 0 Å². The van der Waals surface area contributed by atoms with E-state index in [-0.39, 0.29) is 10.6 Å². The van der Waals surface area contributed by atoms with Gasteiger partial charge in [0.05, 0.1) is 4.90 Å². The Labute approximate surface area is 101 Å². The van der Waals surface area contributed by atoms with Gasteiger partial charge in [-0.25, -0.2) is 8.42 Å². The van der Waals surface area contributed by atoms with Crippen molar-refractivity contribution in [2.75, 3.05) is 5.75 Å². The van der Waals surface area contributed by atoms with Gasteiger partial charge in [-0.2, -0.15) is 0 Å². The van der Waals surface area contributed by atoms with Crippen molar-refractivity contribution in [1.29, 1.82) is 0 Å². The first-order chi connectivity index (χ1) is 7.56. The Kier molecular flexibility index (Phi) is 4.43. The van der Waals surface area contributed by atoms with Crippen molar-refractivity contribution in [2.24, 2.45) is 0 Å². The molecule has 0 heterocycles. The van der Waals surface area contributed by atoms with Crippen LogP contribution in [-0.4, -0.2) is 14.2 Å². The van der Waals surface area contributed by atoms with Crippen LogP contribution >= 0.6 is 11.6 Å². The lowest BCUT2D eigenvalue weighted by Crippen LogP contribution is -2.04. The number of halogens is 1. The van der Waals surface area contributed by atoms with Crippen LogP contribution in [0.1, 0.15) is 6.92 Å². The van der Waals surface area contributed by atoms with Crippen molar-refractivity contribution in [1.82, 2.24) is 0 Å². The number of rotatable bonds is 2. The van der Waals surface area contributed by atoms with Crippen molar-refractivity contribution in [3.8, 4) is 23.7 Å². The molecule has 1 rings (SSSR count). The zero-order valence-electron chi connectivity index (χ0n) is 8.62. The third-order valence-electron chi connectivity index (χ3n) is 1.71. The first kappa shape index (κ1) is 12.6. The molecule has 1 aromatic carbocycles. The molecule has 4 heteroatoms. The Hall–Kier alpha value is -1.42. The molecule has 0 N–H and O–H groups in total. The fraction of sp³-hybridized carbons (Fsp3) is 0.167. The Morgan fingerprint density at radius 3 is 2.38 bits per heavy atom. The lowest BCUT2D eigenvalue weighted by molar-refractivity contribution is 0.599. The van der Waals surface area contributed by atoms with E-state index in [4.69, 9.17) is 11.6 Å². The molecule has 0 radical (unpaired) electrons. The van der Waals surface area contributed by atoms with E-state index in [0.29, 0.717) is 5.02 Å². The van der Waals surface area contributed by atoms with E-state index in [2.05, 4.69) is 23.7 Å². The minimum atomic E-state index is -3.36. The fourth-order valence-electron chi connectivity index (χ4n) is 0.963. The van der Waals surface area contributed by atoms with Gasteiger partial charge in [-0.3, -0.25) is 0 Å². The van der Waals surface area contributed by atoms with Crippen molar-refractivity contribution in [2.45, 2.75) is 11.8 Å². The summed E-state index contributed by atoms with van der Waals surface area (Å²) in [5, 5.41) is 0.502. The van der Waals surface area contributed by atoms with E-state index in [9.17, 15) is 8.42 Å². The number of benzene rings is 1. The van der Waals surface area contributed by atoms with Gasteiger partial charge in [0.15, 0.2) is 9.84 Å². The Morgan fingerprint density at radius 1 is 1.19 bits per heavy atom. The summed E-state index contributed by atoms with van der Waals surface area (Å²) in [7, 11) is -3.36. The molecule has 0 bridgehead atoms. The maximum absolute atomic E-state index is 11.7. The largest absolute Gasteiger partial charge is 0.223 e. The predicted octanol–water partition coefficient (Wildman–Crippen LogP) is 2.14. The van der Waals surface area contributed by atoms with Crippen LogP contribution in [0.2, 0.25) is 5.02 Å². The lowest BCUT2D eigenvalue weighted by atomic mass is 10.4. The minimum absolute atomic E-state index is 0.218. The molecular weight excluding hydrogens is 244 g/mol. The zero-order chi connectivity index (χ0) is 12.0. The highest BCUT2D eigenvalue weighted by Crippen LogP contribution is 2.14. The first-order valence-electron chi connectivity index (χ1n) is 4.44. The molecule has 16 heavy (non-hydrogen) atoms. The van der Waals surface area contributed by atoms with Crippen LogP contribution < -0.4 is 0 Å². The Morgan fingerprint density at radius 2 is 1.81 bits per heavy atom. The minimum Gasteiger partial charge on any atom is -0.223 e. The van der Waals surface area contributed by atoms with E-state index in [0.717, 1.165) is 0 Å². The first-order valence-corrected chi connectivity index (χ1v) is 6.47. The van der Waals surface area contributed by atoms with Gasteiger partial charge < -0.3 is 0 Å². The number of hydrogen-bond donors (Lipinski definition) is 0. The number of hydrogen-bond acceptors (Lipinski definition) is 2. The summed E-state index contributed by atoms with van der Waals surface area (Å²) in [5.74, 6) is 9.77. The quantitative estimate of drug-likeness (QED) is 0.756. The molecule has 0 aromatic heterocycles. The Bertz CT molecular complexity index is 578. The maximum Gasteiger partial charge on any atom is 0.189 e. The maximum atomic E-state index is 11.7. The van der Waals surface area contributed by atoms with Crippen molar-refractivity contribution in [3.63, 3.8) is 0 Å². The molecule has 0 aliphatic heterocycles. The topological polar surface area (TPSA) is 34.1 Å². The summed E-state index contributed by atoms with van der Waals surface area (Å²) in [6.45, 7) is 1.64. The van der Waals surface area contributed by atoms with Gasteiger partial charge in [0.1, 0.15) is 5.75 Å². The molecular formula is C12H9ClO2S. The van der Waals surface area contributed by atoms with Crippen LogP contribution in [0.3, 0.4) is 0 Å². The molecule has 82 valence electrons. The van der Waals surface area contributed by atoms with E-state index < -0.39 is 9.84 Å². The second kappa shape index (κ2) is 5.61. The van der Waals surface area contributed by atoms with Crippen LogP contribution in [-0.2, 0) is 9.84 Å². The summed E-state index contributed by atoms with van der Waals surface area (Å²) in [6, 6.07) is 6.00. The van der Waals surface area contributed by atoms with Crippen molar-refractivity contribution >= 4 is 21.4 Å². The summed E-state index contributed by atoms with van der Waals surface area (Å²) in [4.78, 5) is 0.218. The Balaban J connectivity index is 2.90. The monoisotopic (exact) mass is 252 g/mol. The fourth-order valence-corrected chi connectivity index (χ4v) is 2.07. The summed E-state index contributed by atoms with van der Waals surface area (Å²) in [5.41, 5.74) is 0. The highest BCUT2D eigenvalue weighted by molar-refractivity contribution is 7.91. The van der Waals surface area contributed by atoms with Crippen LogP contribution in [0.5, 0.6) is 0 Å². The average Bonchev–Trinajstić information content (AvgIpc) is 2.25. The highest BCUT2D eigenvalue weighted by Gasteiger charge is 2.11. The lowest BCUT2D eigenvalue weighted by Gasteiger charge is -1.99. The van der Waals surface area contributed by atoms with Gasteiger partial charge in [0.25, 0.3) is 0 Å². The average molecular weight is 253 g/mol. The van der Waals surface area contributed by atoms with E-state index in [1.165, 1.54) is 24.3 Å². The summed E-state index contributed by atoms with van der Waals surface area (Å²) >= 11 is 5.67. The molecule has 0 unspecified atom stereocenters. The molecule has 1 aromatic rings. The van der Waals surface area contributed by atoms with Crippen LogP contribution in [0.25, 0.3) is 0 Å². The standard InChI is InChI=1S/C12H9ClO2S/c1-2-3-4-5-10-16(14,15)12-8-6-11(13)7-9-12/h6-9H,10H2,1H3. The van der Waals surface area contributed by atoms with Gasteiger partial charge in [-0.1, -0.05) is 23.4 Å². The summed E-state index contributed by atoms with van der Waals surface area (Å²) < 4.78 is 23.4. The predicted molar refractivity (Wildman–Crippen MR) is 64.7 cm³/mol. The van der Waals surface area contributed by atoms with Gasteiger partial charge in [-0.15, -0.1) is 0 Å². The van der Waals surface area contributed by atoms with Crippen LogP contribution in [0, 0.1) is 23.7 Å². The van der Waals surface area contributed by atoms with E-state index in [1.54, 1.807) is 6.92 Å². The molecule has 2 nitrogen and oxygen atoms in total. The van der Waals surface area contributed by atoms with E-state index >= 15 is 0 Å². The smallest absolute Gasteiger partial charge is 0.189 e. The van der Waals surface area contributed by atoms with E-state index in [1.807, 2.05) is 0 Å². The molecule has 0 saturated heterocycles. The molecule has 0 fully saturated rings. The molecule has 0 spiro atoms. The van der Waals surface area contributed by atoms with Crippen molar-refractivity contribution < 1.29 is 8.42 Å². The normalized spacial score (nSPS) is 9.62. The molecule has 0 saturated carbocycles. The molecule has 0 atom stereocenters. The zero-order valence-corrected chi connectivity index (χ0v) is 10.2. The van der Waals surface area contributed by atoms with Crippen molar-refractivity contribution in [3.05, 3.63) is 29.3 Å². The van der Waals surface area contributed by atoms with Crippen LogP contribution in [0.15, 0.2) is 29.2 Å². The van der Waals surface area contributed by atoms with Gasteiger partial charge in [-0.05, 0) is 43.0 Å². The van der Waals surface area contributed by atoms with Gasteiger partial charge in [0.2, 0.25) is 0 Å². The second-order valence-corrected chi connectivity index (χ2v) is 5.32. The molecule has 0 aliphatic carbocycles. The third-order valence-corrected chi connectivity index (χ3v) is 3.48. The summed E-state index contributed by atoms with van der Waals surface area (Å²) in [6.07, 6.45) is 0. The van der Waals surface area contributed by atoms with Gasteiger partial charge in [0, 0.05) is 5.02 Å². The third kappa shape index (κ3) is 3.62. The molecule has 0 aliphatic rings. The van der Waals surface area contributed by atoms with Gasteiger partial charge >= 0.3 is 0 Å².